The van der Waals surface area contributed by atoms with Crippen LogP contribution in [0.2, 0.25) is 0 Å². The summed E-state index contributed by atoms with van der Waals surface area (Å²) in [4.78, 5) is 12.4. The van der Waals surface area contributed by atoms with E-state index in [1.807, 2.05) is 19.1 Å². The van der Waals surface area contributed by atoms with Gasteiger partial charge in [-0.05, 0) is 31.2 Å². The molecule has 0 amide bonds. The summed E-state index contributed by atoms with van der Waals surface area (Å²) >= 11 is 1.01. The minimum atomic E-state index is -4.40. The van der Waals surface area contributed by atoms with E-state index in [0.29, 0.717) is 48.8 Å². The van der Waals surface area contributed by atoms with E-state index in [-0.39, 0.29) is 0 Å². The first-order valence-electron chi connectivity index (χ1n) is 9.55. The van der Waals surface area contributed by atoms with Crippen molar-refractivity contribution >= 4 is 17.3 Å². The van der Waals surface area contributed by atoms with Gasteiger partial charge in [-0.1, -0.05) is 6.07 Å². The molecule has 29 heavy (non-hydrogen) atoms. The lowest BCUT2D eigenvalue weighted by Crippen LogP contribution is -2.38. The molecule has 0 spiro atoms. The average Bonchev–Trinajstić information content (AvgIpc) is 3.39. The molecule has 0 bridgehead atoms. The van der Waals surface area contributed by atoms with Crippen LogP contribution in [0, 0.1) is 5.92 Å². The van der Waals surface area contributed by atoms with Gasteiger partial charge in [-0.25, -0.2) is 15.0 Å². The largest absolute Gasteiger partial charge is 0.477 e. The summed E-state index contributed by atoms with van der Waals surface area (Å²) in [5.41, 5.74) is 0.103. The van der Waals surface area contributed by atoms with Crippen molar-refractivity contribution in [2.75, 3.05) is 19.7 Å². The monoisotopic (exact) mass is 427 g/mol. The zero-order valence-corrected chi connectivity index (χ0v) is 16.9. The van der Waals surface area contributed by atoms with Gasteiger partial charge in [0.05, 0.1) is 18.2 Å². The molecule has 2 N–H and O–H groups in total. The zero-order valence-electron chi connectivity index (χ0n) is 16.1. The Morgan fingerprint density at radius 2 is 2.14 bits per heavy atom. The fourth-order valence-electron chi connectivity index (χ4n) is 2.43. The number of thiazole rings is 1. The molecule has 0 aromatic carbocycles. The van der Waals surface area contributed by atoms with Crippen LogP contribution in [0.15, 0.2) is 28.7 Å². The Morgan fingerprint density at radius 1 is 1.31 bits per heavy atom. The van der Waals surface area contributed by atoms with Gasteiger partial charge in [-0.2, -0.15) is 13.2 Å². The first kappa shape index (κ1) is 21.4. The highest BCUT2D eigenvalue weighted by Gasteiger charge is 2.33. The predicted octanol–water partition coefficient (Wildman–Crippen LogP) is 3.64. The first-order valence-corrected chi connectivity index (χ1v) is 10.4. The SMILES string of the molecule is CCNC(=NCc1ccc(OCC2CC2)nc1)NCCc1nc(C(F)(F)F)cs1. The van der Waals surface area contributed by atoms with Crippen LogP contribution >= 0.6 is 11.3 Å². The molecule has 0 atom stereocenters. The topological polar surface area (TPSA) is 71.4 Å². The maximum Gasteiger partial charge on any atom is 0.434 e. The standard InChI is InChI=1S/C19H24F3N5OS/c1-2-23-18(24-8-7-17-27-15(12-29-17)19(20,21)22)26-10-14-5-6-16(25-9-14)28-11-13-3-4-13/h5-6,9,12-13H,2-4,7-8,10-11H2,1H3,(H2,23,24,26). The fourth-order valence-corrected chi connectivity index (χ4v) is 3.24. The zero-order chi connectivity index (χ0) is 20.7. The molecule has 0 unspecified atom stereocenters. The number of pyridine rings is 1. The number of nitrogens with zero attached hydrogens (tertiary/aromatic N) is 3. The third-order valence-corrected chi connectivity index (χ3v) is 5.11. The summed E-state index contributed by atoms with van der Waals surface area (Å²) in [6, 6.07) is 3.77. The molecular formula is C19H24F3N5OS. The Hall–Kier alpha value is -2.36. The van der Waals surface area contributed by atoms with Crippen LogP contribution in [0.3, 0.4) is 0 Å². The van der Waals surface area contributed by atoms with Gasteiger partial charge in [-0.15, -0.1) is 11.3 Å². The Labute approximate surface area is 171 Å². The van der Waals surface area contributed by atoms with E-state index in [4.69, 9.17) is 4.74 Å². The van der Waals surface area contributed by atoms with Crippen LogP contribution < -0.4 is 15.4 Å². The molecule has 2 heterocycles. The molecule has 2 aromatic rings. The van der Waals surface area contributed by atoms with Gasteiger partial charge in [0.1, 0.15) is 0 Å². The number of aliphatic imine (C=N–C) groups is 1. The van der Waals surface area contributed by atoms with Crippen LogP contribution in [0.5, 0.6) is 5.88 Å². The lowest BCUT2D eigenvalue weighted by molar-refractivity contribution is -0.140. The van der Waals surface area contributed by atoms with Gasteiger partial charge >= 0.3 is 6.18 Å². The van der Waals surface area contributed by atoms with Gasteiger partial charge in [-0.3, -0.25) is 0 Å². The number of nitrogens with one attached hydrogen (secondary N) is 2. The Kier molecular flexibility index (Phi) is 7.29. The first-order chi connectivity index (χ1) is 13.9. The Bertz CT molecular complexity index is 803. The van der Waals surface area contributed by atoms with Crippen LogP contribution in [-0.4, -0.2) is 35.6 Å². The molecule has 1 aliphatic rings. The van der Waals surface area contributed by atoms with E-state index >= 15 is 0 Å². The smallest absolute Gasteiger partial charge is 0.434 e. The average molecular weight is 427 g/mol. The lowest BCUT2D eigenvalue weighted by Gasteiger charge is -2.11. The summed E-state index contributed by atoms with van der Waals surface area (Å²) in [7, 11) is 0. The van der Waals surface area contributed by atoms with Crippen molar-refractivity contribution in [1.82, 2.24) is 20.6 Å². The number of aromatic nitrogens is 2. The van der Waals surface area contributed by atoms with Crippen molar-refractivity contribution in [3.8, 4) is 5.88 Å². The molecule has 3 rings (SSSR count). The third-order valence-electron chi connectivity index (χ3n) is 4.20. The highest BCUT2D eigenvalue weighted by Crippen LogP contribution is 2.30. The van der Waals surface area contributed by atoms with Gasteiger partial charge in [0.15, 0.2) is 11.7 Å². The van der Waals surface area contributed by atoms with Gasteiger partial charge < -0.3 is 15.4 Å². The second-order valence-electron chi connectivity index (χ2n) is 6.76. The van der Waals surface area contributed by atoms with E-state index in [9.17, 15) is 13.2 Å². The quantitative estimate of drug-likeness (QED) is 0.472. The third kappa shape index (κ3) is 7.19. The number of alkyl halides is 3. The van der Waals surface area contributed by atoms with Crippen molar-refractivity contribution in [2.45, 2.75) is 38.9 Å². The van der Waals surface area contributed by atoms with E-state index in [1.165, 1.54) is 12.8 Å². The van der Waals surface area contributed by atoms with Crippen molar-refractivity contribution in [2.24, 2.45) is 10.9 Å². The second-order valence-corrected chi connectivity index (χ2v) is 7.70. The van der Waals surface area contributed by atoms with Gasteiger partial charge in [0.25, 0.3) is 0 Å². The lowest BCUT2D eigenvalue weighted by atomic mass is 10.3. The maximum absolute atomic E-state index is 12.6. The molecule has 158 valence electrons. The normalized spacial score (nSPS) is 14.7. The highest BCUT2D eigenvalue weighted by molar-refractivity contribution is 7.09. The predicted molar refractivity (Wildman–Crippen MR) is 106 cm³/mol. The summed E-state index contributed by atoms with van der Waals surface area (Å²) in [5, 5.41) is 7.71. The molecule has 1 aliphatic carbocycles. The molecule has 6 nitrogen and oxygen atoms in total. The molecule has 1 saturated carbocycles. The number of halogens is 3. The summed E-state index contributed by atoms with van der Waals surface area (Å²) in [6.07, 6.45) is 0.201. The van der Waals surface area contributed by atoms with Crippen molar-refractivity contribution in [3.63, 3.8) is 0 Å². The molecule has 10 heteroatoms. The summed E-state index contributed by atoms with van der Waals surface area (Å²) in [5.74, 6) is 1.89. The van der Waals surface area contributed by atoms with E-state index < -0.39 is 11.9 Å². The number of ether oxygens (including phenoxy) is 1. The number of hydrogen-bond acceptors (Lipinski definition) is 5. The van der Waals surface area contributed by atoms with Crippen LogP contribution in [0.25, 0.3) is 0 Å². The van der Waals surface area contributed by atoms with E-state index in [1.54, 1.807) is 6.20 Å². The van der Waals surface area contributed by atoms with Crippen molar-refractivity contribution in [3.05, 3.63) is 40.0 Å². The maximum atomic E-state index is 12.6. The van der Waals surface area contributed by atoms with Crippen LogP contribution in [0.1, 0.15) is 36.0 Å². The second kappa shape index (κ2) is 9.91. The molecule has 2 aromatic heterocycles. The Morgan fingerprint density at radius 3 is 2.76 bits per heavy atom. The molecular weight excluding hydrogens is 403 g/mol. The summed E-state index contributed by atoms with van der Waals surface area (Å²) < 4.78 is 43.4. The van der Waals surface area contributed by atoms with Gasteiger partial charge in [0.2, 0.25) is 5.88 Å². The fraction of sp³-hybridized carbons (Fsp3) is 0.526. The number of hydrogen-bond donors (Lipinski definition) is 2. The van der Waals surface area contributed by atoms with Crippen molar-refractivity contribution < 1.29 is 17.9 Å². The number of guanidine groups is 1. The van der Waals surface area contributed by atoms with Gasteiger partial charge in [0, 0.05) is 37.2 Å². The van der Waals surface area contributed by atoms with Crippen molar-refractivity contribution in [1.29, 1.82) is 0 Å². The molecule has 0 radical (unpaired) electrons. The van der Waals surface area contributed by atoms with Crippen LogP contribution in [-0.2, 0) is 19.1 Å². The van der Waals surface area contributed by atoms with Crippen LogP contribution in [0.4, 0.5) is 13.2 Å². The minimum absolute atomic E-state index is 0.389. The minimum Gasteiger partial charge on any atom is -0.477 e. The molecule has 0 aliphatic heterocycles. The Balaban J connectivity index is 1.46. The van der Waals surface area contributed by atoms with E-state index in [0.717, 1.165) is 28.9 Å². The molecule has 1 fully saturated rings. The highest BCUT2D eigenvalue weighted by atomic mass is 32.1. The summed E-state index contributed by atoms with van der Waals surface area (Å²) in [6.45, 7) is 4.21. The number of rotatable bonds is 9. The van der Waals surface area contributed by atoms with E-state index in [2.05, 4.69) is 25.6 Å². The molecule has 0 saturated heterocycles.